The van der Waals surface area contributed by atoms with Crippen LogP contribution in [0.2, 0.25) is 0 Å². The number of H-pyrrole nitrogens is 1. The SMILES string of the molecule is CCCN(C(=O)COC(=O)COc1ccc(C(C)(C)C)cc1)c1c(N)n(Cc2ccccc2)c(=O)[nH]c1=O. The molecule has 1 aromatic heterocycles. The molecule has 10 heteroatoms. The Bertz CT molecular complexity index is 1370. The van der Waals surface area contributed by atoms with Gasteiger partial charge in [0.1, 0.15) is 11.6 Å². The fraction of sp³-hybridized carbons (Fsp3) is 0.357. The fourth-order valence-corrected chi connectivity index (χ4v) is 3.80. The van der Waals surface area contributed by atoms with E-state index in [2.05, 4.69) is 25.8 Å². The van der Waals surface area contributed by atoms with Gasteiger partial charge in [0.25, 0.3) is 11.5 Å². The molecule has 3 N–H and O–H groups in total. The third-order valence-electron chi connectivity index (χ3n) is 5.85. The number of carbonyl (C=O) groups excluding carboxylic acids is 2. The molecule has 0 aliphatic carbocycles. The molecule has 0 radical (unpaired) electrons. The van der Waals surface area contributed by atoms with Gasteiger partial charge in [-0.15, -0.1) is 0 Å². The van der Waals surface area contributed by atoms with E-state index in [9.17, 15) is 19.2 Å². The largest absolute Gasteiger partial charge is 0.482 e. The van der Waals surface area contributed by atoms with Gasteiger partial charge in [-0.1, -0.05) is 70.2 Å². The molecule has 0 saturated carbocycles. The van der Waals surface area contributed by atoms with Crippen LogP contribution in [-0.2, 0) is 26.3 Å². The van der Waals surface area contributed by atoms with E-state index in [1.54, 1.807) is 12.1 Å². The van der Waals surface area contributed by atoms with Crippen LogP contribution in [-0.4, -0.2) is 41.2 Å². The van der Waals surface area contributed by atoms with E-state index in [0.717, 1.165) is 16.0 Å². The van der Waals surface area contributed by atoms with E-state index in [4.69, 9.17) is 15.2 Å². The van der Waals surface area contributed by atoms with Crippen LogP contribution in [0.5, 0.6) is 5.75 Å². The lowest BCUT2D eigenvalue weighted by atomic mass is 9.87. The van der Waals surface area contributed by atoms with Gasteiger partial charge in [-0.25, -0.2) is 9.59 Å². The topological polar surface area (TPSA) is 137 Å². The highest BCUT2D eigenvalue weighted by atomic mass is 16.6. The maximum atomic E-state index is 13.0. The van der Waals surface area contributed by atoms with Crippen molar-refractivity contribution in [1.82, 2.24) is 9.55 Å². The van der Waals surface area contributed by atoms with Crippen LogP contribution in [0.3, 0.4) is 0 Å². The third-order valence-corrected chi connectivity index (χ3v) is 5.85. The number of hydrogen-bond donors (Lipinski definition) is 2. The van der Waals surface area contributed by atoms with Crippen LogP contribution in [0.4, 0.5) is 11.5 Å². The maximum Gasteiger partial charge on any atom is 0.344 e. The molecule has 1 amide bonds. The van der Waals surface area contributed by atoms with Gasteiger partial charge in [0, 0.05) is 6.54 Å². The van der Waals surface area contributed by atoms with Crippen LogP contribution < -0.4 is 26.6 Å². The van der Waals surface area contributed by atoms with Gasteiger partial charge >= 0.3 is 11.7 Å². The first-order chi connectivity index (χ1) is 18.0. The van der Waals surface area contributed by atoms with Gasteiger partial charge < -0.3 is 20.1 Å². The van der Waals surface area contributed by atoms with Crippen LogP contribution in [0.15, 0.2) is 64.2 Å². The van der Waals surface area contributed by atoms with Crippen molar-refractivity contribution in [3.8, 4) is 5.75 Å². The van der Waals surface area contributed by atoms with Gasteiger partial charge in [-0.05, 0) is 35.1 Å². The molecule has 10 nitrogen and oxygen atoms in total. The summed E-state index contributed by atoms with van der Waals surface area (Å²) in [5.74, 6) is -1.06. The first-order valence-electron chi connectivity index (χ1n) is 12.4. The lowest BCUT2D eigenvalue weighted by Gasteiger charge is -2.24. The average Bonchev–Trinajstić information content (AvgIpc) is 2.88. The number of nitrogen functional groups attached to an aromatic ring is 1. The summed E-state index contributed by atoms with van der Waals surface area (Å²) in [6, 6.07) is 16.5. The zero-order valence-corrected chi connectivity index (χ0v) is 22.2. The Morgan fingerprint density at radius 2 is 1.66 bits per heavy atom. The summed E-state index contributed by atoms with van der Waals surface area (Å²) in [5.41, 5.74) is 6.47. The van der Waals surface area contributed by atoms with Crippen LogP contribution >= 0.6 is 0 Å². The number of anilines is 2. The maximum absolute atomic E-state index is 13.0. The molecule has 0 bridgehead atoms. The van der Waals surface area contributed by atoms with Gasteiger partial charge in [0.05, 0.1) is 6.54 Å². The number of nitrogens with zero attached hydrogens (tertiary/aromatic N) is 2. The highest BCUT2D eigenvalue weighted by Crippen LogP contribution is 2.24. The fourth-order valence-electron chi connectivity index (χ4n) is 3.80. The standard InChI is InChI=1S/C28H34N4O6/c1-5-15-31(24-25(29)32(27(36)30-26(24)35)16-19-9-7-6-8-10-19)22(33)17-38-23(34)18-37-21-13-11-20(12-14-21)28(2,3)4/h6-14H,5,15-18,29H2,1-4H3,(H,30,35,36). The van der Waals surface area contributed by atoms with E-state index < -0.39 is 29.7 Å². The normalized spacial score (nSPS) is 11.2. The predicted molar refractivity (Wildman–Crippen MR) is 146 cm³/mol. The summed E-state index contributed by atoms with van der Waals surface area (Å²) in [6.07, 6.45) is 0.490. The Hall–Kier alpha value is -4.34. The summed E-state index contributed by atoms with van der Waals surface area (Å²) in [5, 5.41) is 0. The average molecular weight is 523 g/mol. The zero-order chi connectivity index (χ0) is 27.9. The van der Waals surface area contributed by atoms with E-state index in [1.165, 1.54) is 4.57 Å². The summed E-state index contributed by atoms with van der Waals surface area (Å²) in [6.45, 7) is 7.32. The number of benzene rings is 2. The van der Waals surface area contributed by atoms with Crippen molar-refractivity contribution in [3.63, 3.8) is 0 Å². The Kier molecular flexibility index (Phi) is 9.11. The number of hydrogen-bond acceptors (Lipinski definition) is 7. The highest BCUT2D eigenvalue weighted by Gasteiger charge is 2.25. The first kappa shape index (κ1) is 28.2. The minimum absolute atomic E-state index is 0.0118. The molecular weight excluding hydrogens is 488 g/mol. The van der Waals surface area contributed by atoms with Gasteiger partial charge in [0.15, 0.2) is 18.9 Å². The number of amides is 1. The number of esters is 1. The molecule has 202 valence electrons. The van der Waals surface area contributed by atoms with Crippen LogP contribution in [0.1, 0.15) is 45.2 Å². The lowest BCUT2D eigenvalue weighted by molar-refractivity contribution is -0.149. The van der Waals surface area contributed by atoms with Gasteiger partial charge in [-0.3, -0.25) is 19.1 Å². The molecule has 2 aromatic carbocycles. The Balaban J connectivity index is 1.69. The molecule has 0 unspecified atom stereocenters. The minimum atomic E-state index is -0.799. The summed E-state index contributed by atoms with van der Waals surface area (Å²) in [4.78, 5) is 53.8. The third kappa shape index (κ3) is 7.12. The summed E-state index contributed by atoms with van der Waals surface area (Å²) in [7, 11) is 0. The van der Waals surface area contributed by atoms with Crippen molar-refractivity contribution < 1.29 is 19.1 Å². The molecule has 0 fully saturated rings. The molecule has 3 aromatic rings. The summed E-state index contributed by atoms with van der Waals surface area (Å²) < 4.78 is 11.8. The lowest BCUT2D eigenvalue weighted by Crippen LogP contribution is -2.43. The molecule has 0 aliphatic heterocycles. The number of carbonyl (C=O) groups is 2. The second-order valence-electron chi connectivity index (χ2n) is 9.83. The highest BCUT2D eigenvalue weighted by molar-refractivity contribution is 5.97. The summed E-state index contributed by atoms with van der Waals surface area (Å²) >= 11 is 0. The zero-order valence-electron chi connectivity index (χ0n) is 22.2. The number of rotatable bonds is 10. The van der Waals surface area contributed by atoms with Crippen molar-refractivity contribution in [2.75, 3.05) is 30.4 Å². The Morgan fingerprint density at radius 3 is 2.26 bits per heavy atom. The minimum Gasteiger partial charge on any atom is -0.482 e. The smallest absolute Gasteiger partial charge is 0.344 e. The molecule has 0 atom stereocenters. The van der Waals surface area contributed by atoms with Crippen LogP contribution in [0, 0.1) is 0 Å². The predicted octanol–water partition coefficient (Wildman–Crippen LogP) is 2.83. The van der Waals surface area contributed by atoms with Crippen molar-refractivity contribution in [2.45, 2.75) is 46.1 Å². The number of aromatic nitrogens is 2. The van der Waals surface area contributed by atoms with Crippen LogP contribution in [0.25, 0.3) is 0 Å². The first-order valence-corrected chi connectivity index (χ1v) is 12.4. The molecule has 0 saturated heterocycles. The second-order valence-corrected chi connectivity index (χ2v) is 9.83. The van der Waals surface area contributed by atoms with Crippen molar-refractivity contribution in [3.05, 3.63) is 86.6 Å². The number of nitrogens with one attached hydrogen (secondary N) is 1. The molecular formula is C28H34N4O6. The Morgan fingerprint density at radius 1 is 1.00 bits per heavy atom. The number of ether oxygens (including phenoxy) is 2. The number of nitrogens with two attached hydrogens (primary N) is 1. The van der Waals surface area contributed by atoms with Crippen molar-refractivity contribution in [1.29, 1.82) is 0 Å². The van der Waals surface area contributed by atoms with Crippen molar-refractivity contribution >= 4 is 23.4 Å². The van der Waals surface area contributed by atoms with E-state index in [1.807, 2.05) is 49.4 Å². The molecule has 1 heterocycles. The molecule has 0 spiro atoms. The monoisotopic (exact) mass is 522 g/mol. The molecule has 3 rings (SSSR count). The Labute approximate surface area is 221 Å². The number of aromatic amines is 1. The second kappa shape index (κ2) is 12.3. The van der Waals surface area contributed by atoms with Gasteiger partial charge in [-0.2, -0.15) is 0 Å². The molecule has 0 aliphatic rings. The molecule has 38 heavy (non-hydrogen) atoms. The quantitative estimate of drug-likeness (QED) is 0.391. The van der Waals surface area contributed by atoms with E-state index >= 15 is 0 Å². The van der Waals surface area contributed by atoms with Gasteiger partial charge in [0.2, 0.25) is 0 Å². The van der Waals surface area contributed by atoms with E-state index in [0.29, 0.717) is 12.2 Å². The van der Waals surface area contributed by atoms with Crippen molar-refractivity contribution in [2.24, 2.45) is 0 Å². The van der Waals surface area contributed by atoms with E-state index in [-0.39, 0.29) is 36.6 Å².